The first-order chi connectivity index (χ1) is 8.31. The van der Waals surface area contributed by atoms with Gasteiger partial charge in [-0.05, 0) is 53.9 Å². The Morgan fingerprint density at radius 1 is 1.41 bits per heavy atom. The molecule has 0 heterocycles. The number of nitrogens with one attached hydrogen (secondary N) is 1. The molecule has 1 fully saturated rings. The Labute approximate surface area is 111 Å². The molecule has 1 aliphatic carbocycles. The summed E-state index contributed by atoms with van der Waals surface area (Å²) in [5.41, 5.74) is 0. The molecule has 1 aliphatic rings. The molecule has 0 bridgehead atoms. The summed E-state index contributed by atoms with van der Waals surface area (Å²) in [5, 5.41) is 3.46. The smallest absolute Gasteiger partial charge is 0.175 e. The minimum absolute atomic E-state index is 0.707. The molecule has 0 radical (unpaired) electrons. The van der Waals surface area contributed by atoms with Crippen LogP contribution >= 0.6 is 15.9 Å². The van der Waals surface area contributed by atoms with Gasteiger partial charge in [0.2, 0.25) is 0 Å². The molecule has 1 saturated carbocycles. The summed E-state index contributed by atoms with van der Waals surface area (Å²) in [4.78, 5) is 0. The number of ether oxygens (including phenoxy) is 2. The van der Waals surface area contributed by atoms with Crippen LogP contribution in [0.5, 0.6) is 11.5 Å². The van der Waals surface area contributed by atoms with E-state index in [1.54, 1.807) is 7.11 Å². The van der Waals surface area contributed by atoms with Crippen molar-refractivity contribution in [2.45, 2.75) is 25.3 Å². The summed E-state index contributed by atoms with van der Waals surface area (Å²) < 4.78 is 11.9. The Bertz CT molecular complexity index is 366. The van der Waals surface area contributed by atoms with Gasteiger partial charge in [0.15, 0.2) is 11.5 Å². The Hall–Kier alpha value is -0.740. The molecule has 0 spiro atoms. The molecule has 1 N–H and O–H groups in total. The minimum atomic E-state index is 0.707. The molecular weight excluding hydrogens is 282 g/mol. The maximum absolute atomic E-state index is 5.75. The standard InChI is InChI=1S/C13H18BrNO2/c1-16-12-5-2-4-11(14)13(12)17-9-3-8-15-10-6-7-10/h2,4-5,10,15H,3,6-9H2,1H3. The maximum Gasteiger partial charge on any atom is 0.175 e. The van der Waals surface area contributed by atoms with Gasteiger partial charge in [0, 0.05) is 6.04 Å². The van der Waals surface area contributed by atoms with E-state index < -0.39 is 0 Å². The van der Waals surface area contributed by atoms with Crippen molar-refractivity contribution < 1.29 is 9.47 Å². The molecule has 0 amide bonds. The lowest BCUT2D eigenvalue weighted by Crippen LogP contribution is -2.19. The lowest BCUT2D eigenvalue weighted by molar-refractivity contribution is 0.285. The molecular formula is C13H18BrNO2. The van der Waals surface area contributed by atoms with Crippen molar-refractivity contribution in [3.63, 3.8) is 0 Å². The molecule has 17 heavy (non-hydrogen) atoms. The van der Waals surface area contributed by atoms with Gasteiger partial charge in [-0.2, -0.15) is 0 Å². The van der Waals surface area contributed by atoms with Crippen LogP contribution in [0.1, 0.15) is 19.3 Å². The number of hydrogen-bond donors (Lipinski definition) is 1. The second-order valence-electron chi connectivity index (χ2n) is 4.20. The minimum Gasteiger partial charge on any atom is -0.493 e. The zero-order valence-electron chi connectivity index (χ0n) is 10.0. The molecule has 0 saturated heterocycles. The van der Waals surface area contributed by atoms with Crippen molar-refractivity contribution in [3.05, 3.63) is 22.7 Å². The van der Waals surface area contributed by atoms with Crippen LogP contribution < -0.4 is 14.8 Å². The van der Waals surface area contributed by atoms with Crippen LogP contribution in [0.4, 0.5) is 0 Å². The van der Waals surface area contributed by atoms with Gasteiger partial charge >= 0.3 is 0 Å². The zero-order valence-corrected chi connectivity index (χ0v) is 11.6. The van der Waals surface area contributed by atoms with Crippen molar-refractivity contribution in [2.75, 3.05) is 20.3 Å². The summed E-state index contributed by atoms with van der Waals surface area (Å²) >= 11 is 3.47. The number of rotatable bonds is 7. The molecule has 3 nitrogen and oxygen atoms in total. The topological polar surface area (TPSA) is 30.5 Å². The van der Waals surface area contributed by atoms with Gasteiger partial charge in [-0.1, -0.05) is 6.07 Å². The summed E-state index contributed by atoms with van der Waals surface area (Å²) in [5.74, 6) is 1.57. The van der Waals surface area contributed by atoms with Gasteiger partial charge in [0.25, 0.3) is 0 Å². The fraction of sp³-hybridized carbons (Fsp3) is 0.538. The molecule has 4 heteroatoms. The predicted molar refractivity (Wildman–Crippen MR) is 71.8 cm³/mol. The van der Waals surface area contributed by atoms with Gasteiger partial charge in [-0.25, -0.2) is 0 Å². The van der Waals surface area contributed by atoms with E-state index >= 15 is 0 Å². The third-order valence-electron chi connectivity index (χ3n) is 2.73. The summed E-state index contributed by atoms with van der Waals surface area (Å²) in [7, 11) is 1.66. The third kappa shape index (κ3) is 3.89. The first-order valence-electron chi connectivity index (χ1n) is 6.00. The highest BCUT2D eigenvalue weighted by atomic mass is 79.9. The van der Waals surface area contributed by atoms with Crippen LogP contribution in [0.3, 0.4) is 0 Å². The van der Waals surface area contributed by atoms with Gasteiger partial charge in [0.1, 0.15) is 0 Å². The van der Waals surface area contributed by atoms with Crippen molar-refractivity contribution in [1.29, 1.82) is 0 Å². The molecule has 0 atom stereocenters. The average Bonchev–Trinajstić information content (AvgIpc) is 3.14. The zero-order chi connectivity index (χ0) is 12.1. The maximum atomic E-state index is 5.75. The highest BCUT2D eigenvalue weighted by molar-refractivity contribution is 9.10. The first-order valence-corrected chi connectivity index (χ1v) is 6.79. The third-order valence-corrected chi connectivity index (χ3v) is 3.35. The molecule has 0 aromatic heterocycles. The Balaban J connectivity index is 1.76. The quantitative estimate of drug-likeness (QED) is 0.785. The Morgan fingerprint density at radius 3 is 2.94 bits per heavy atom. The summed E-state index contributed by atoms with van der Waals surface area (Å²) in [6, 6.07) is 6.57. The molecule has 2 rings (SSSR count). The SMILES string of the molecule is COc1cccc(Br)c1OCCCNC1CC1. The number of hydrogen-bond acceptors (Lipinski definition) is 3. The molecule has 1 aromatic carbocycles. The Morgan fingerprint density at radius 2 is 2.24 bits per heavy atom. The van der Waals surface area contributed by atoms with E-state index in [9.17, 15) is 0 Å². The molecule has 0 aliphatic heterocycles. The van der Waals surface area contributed by atoms with Gasteiger partial charge < -0.3 is 14.8 Å². The van der Waals surface area contributed by atoms with Crippen molar-refractivity contribution >= 4 is 15.9 Å². The lowest BCUT2D eigenvalue weighted by Gasteiger charge is -2.12. The summed E-state index contributed by atoms with van der Waals surface area (Å²) in [6.07, 6.45) is 3.68. The Kier molecular flexibility index (Phi) is 4.68. The second kappa shape index (κ2) is 6.26. The van der Waals surface area contributed by atoms with E-state index in [2.05, 4.69) is 21.2 Å². The van der Waals surface area contributed by atoms with Crippen LogP contribution in [0.15, 0.2) is 22.7 Å². The van der Waals surface area contributed by atoms with E-state index in [-0.39, 0.29) is 0 Å². The average molecular weight is 300 g/mol. The lowest BCUT2D eigenvalue weighted by atomic mass is 10.3. The second-order valence-corrected chi connectivity index (χ2v) is 5.06. The number of para-hydroxylation sites is 1. The normalized spacial score (nSPS) is 14.7. The molecule has 1 aromatic rings. The van der Waals surface area contributed by atoms with Gasteiger partial charge in [-0.3, -0.25) is 0 Å². The first kappa shape index (κ1) is 12.7. The van der Waals surface area contributed by atoms with Gasteiger partial charge in [0.05, 0.1) is 18.2 Å². The summed E-state index contributed by atoms with van der Waals surface area (Å²) in [6.45, 7) is 1.73. The van der Waals surface area contributed by atoms with Crippen LogP contribution in [-0.4, -0.2) is 26.3 Å². The van der Waals surface area contributed by atoms with Crippen LogP contribution in [-0.2, 0) is 0 Å². The van der Waals surface area contributed by atoms with Crippen molar-refractivity contribution in [3.8, 4) is 11.5 Å². The number of benzene rings is 1. The van der Waals surface area contributed by atoms with Crippen molar-refractivity contribution in [2.24, 2.45) is 0 Å². The van der Waals surface area contributed by atoms with Crippen LogP contribution in [0.25, 0.3) is 0 Å². The predicted octanol–water partition coefficient (Wildman–Crippen LogP) is 2.98. The number of methoxy groups -OCH3 is 1. The largest absolute Gasteiger partial charge is 0.493 e. The highest BCUT2D eigenvalue weighted by Gasteiger charge is 2.19. The van der Waals surface area contributed by atoms with Gasteiger partial charge in [-0.15, -0.1) is 0 Å². The van der Waals surface area contributed by atoms with Crippen LogP contribution in [0.2, 0.25) is 0 Å². The van der Waals surface area contributed by atoms with Crippen molar-refractivity contribution in [1.82, 2.24) is 5.32 Å². The van der Waals surface area contributed by atoms with E-state index in [1.807, 2.05) is 18.2 Å². The number of halogens is 1. The monoisotopic (exact) mass is 299 g/mol. The van der Waals surface area contributed by atoms with Crippen LogP contribution in [0, 0.1) is 0 Å². The molecule has 0 unspecified atom stereocenters. The van der Waals surface area contributed by atoms with E-state index in [0.717, 1.165) is 35.0 Å². The highest BCUT2D eigenvalue weighted by Crippen LogP contribution is 2.34. The fourth-order valence-corrected chi connectivity index (χ4v) is 2.09. The fourth-order valence-electron chi connectivity index (χ4n) is 1.63. The van der Waals surface area contributed by atoms with E-state index in [1.165, 1.54) is 12.8 Å². The van der Waals surface area contributed by atoms with E-state index in [4.69, 9.17) is 9.47 Å². The van der Waals surface area contributed by atoms with E-state index in [0.29, 0.717) is 6.61 Å². The molecule has 94 valence electrons.